The summed E-state index contributed by atoms with van der Waals surface area (Å²) in [5.41, 5.74) is 10.3. The van der Waals surface area contributed by atoms with E-state index in [-0.39, 0.29) is 68.4 Å². The third kappa shape index (κ3) is 8.01. The Labute approximate surface area is 292 Å². The predicted octanol–water partition coefficient (Wildman–Crippen LogP) is 5.81. The van der Waals surface area contributed by atoms with Crippen LogP contribution in [0.5, 0.6) is 0 Å². The average molecular weight is 709 g/mol. The van der Waals surface area contributed by atoms with Crippen LogP contribution in [0.1, 0.15) is 97.4 Å². The van der Waals surface area contributed by atoms with E-state index in [9.17, 15) is 39.6 Å². The van der Waals surface area contributed by atoms with Gasteiger partial charge in [0.25, 0.3) is 0 Å². The van der Waals surface area contributed by atoms with E-state index in [1.807, 2.05) is 27.7 Å². The van der Waals surface area contributed by atoms with Crippen LogP contribution in [0.25, 0.3) is 44.4 Å². The van der Waals surface area contributed by atoms with Crippen LogP contribution in [-0.2, 0) is 49.1 Å². The molecule has 5 rings (SSSR count). The molecule has 49 heavy (non-hydrogen) atoms. The quantitative estimate of drug-likeness (QED) is 0.165. The van der Waals surface area contributed by atoms with Crippen molar-refractivity contribution in [2.45, 2.75) is 79.1 Å². The standard InChI is InChI=1S/C36H38N4O8.Fe/c1-17-21(5-9-33(41)42)29-14-26-19(3)23(7-11-35(45)46)31(39-26)16-28-20(4)24(8-12-36(47)48)32(40-28)15-27-18(2)22(6-10-34(43)44)30(38-27)13-25(17)37-29;/h13-16H,5-12H2,1-4H3,(H6,37,38,39,40,41,42,43,44,45,46,47,48);/q;+2/p-2. The Kier molecular flexibility index (Phi) is 11.3. The van der Waals surface area contributed by atoms with Gasteiger partial charge < -0.3 is 30.4 Å². The fourth-order valence-electron chi connectivity index (χ4n) is 6.26. The molecule has 0 aliphatic carbocycles. The molecule has 0 saturated carbocycles. The van der Waals surface area contributed by atoms with Crippen LogP contribution in [-0.4, -0.2) is 54.3 Å². The van der Waals surface area contributed by atoms with Gasteiger partial charge in [0.1, 0.15) is 0 Å². The molecule has 0 unspecified atom stereocenters. The van der Waals surface area contributed by atoms with E-state index in [4.69, 9.17) is 19.9 Å². The summed E-state index contributed by atoms with van der Waals surface area (Å²) in [5, 5.41) is 37.9. The molecule has 0 fully saturated rings. The van der Waals surface area contributed by atoms with Gasteiger partial charge in [0.05, 0.1) is 22.8 Å². The number of aryl methyl sites for hydroxylation is 4. The van der Waals surface area contributed by atoms with Crippen molar-refractivity contribution in [3.8, 4) is 0 Å². The van der Waals surface area contributed by atoms with Crippen molar-refractivity contribution >= 4 is 68.2 Å². The minimum Gasteiger partial charge on any atom is -0.657 e. The molecule has 0 spiro atoms. The van der Waals surface area contributed by atoms with Crippen LogP contribution < -0.4 is 9.97 Å². The van der Waals surface area contributed by atoms with E-state index < -0.39 is 23.9 Å². The van der Waals surface area contributed by atoms with Crippen LogP contribution in [0, 0.1) is 13.8 Å². The van der Waals surface area contributed by atoms with Crippen molar-refractivity contribution in [3.05, 3.63) is 69.3 Å². The normalized spacial score (nSPS) is 12.7. The first kappa shape index (κ1) is 36.8. The second kappa shape index (κ2) is 15.0. The SMILES string of the molecule is CC1=C(CCC(=O)O)c2cc3nc(cc4[n-]c(cc5[n-]c(cc1n2)c(CCC(=O)O)c5C)c(CCC(=O)O)c4C)C(CCC(=O)O)=C3C.[Fe+2]. The third-order valence-electron chi connectivity index (χ3n) is 9.00. The van der Waals surface area contributed by atoms with Gasteiger partial charge in [-0.15, -0.1) is 22.1 Å². The first-order valence-corrected chi connectivity index (χ1v) is 15.6. The topological polar surface area (TPSA) is 203 Å². The van der Waals surface area contributed by atoms with E-state index in [1.165, 1.54) is 0 Å². The van der Waals surface area contributed by atoms with Crippen LogP contribution in [0.3, 0.4) is 0 Å². The van der Waals surface area contributed by atoms with Gasteiger partial charge in [-0.1, -0.05) is 40.5 Å². The third-order valence-corrected chi connectivity index (χ3v) is 9.00. The molecule has 4 N–H and O–H groups in total. The van der Waals surface area contributed by atoms with E-state index in [0.29, 0.717) is 44.8 Å². The number of hydrogen-bond acceptors (Lipinski definition) is 6. The number of aliphatic carboxylic acids is 4. The van der Waals surface area contributed by atoms with Crippen molar-refractivity contribution in [2.75, 3.05) is 0 Å². The van der Waals surface area contributed by atoms with Gasteiger partial charge in [0.2, 0.25) is 0 Å². The first-order chi connectivity index (χ1) is 22.7. The Bertz CT molecular complexity index is 2100. The van der Waals surface area contributed by atoms with Crippen LogP contribution in [0.15, 0.2) is 24.3 Å². The summed E-state index contributed by atoms with van der Waals surface area (Å²) in [5.74, 6) is -3.82. The van der Waals surface area contributed by atoms with Gasteiger partial charge in [0, 0.05) is 25.7 Å². The number of carboxylic acids is 4. The maximum Gasteiger partial charge on any atom is 2.00 e. The van der Waals surface area contributed by atoms with E-state index in [1.54, 1.807) is 24.3 Å². The van der Waals surface area contributed by atoms with Crippen molar-refractivity contribution in [3.63, 3.8) is 0 Å². The molecule has 0 saturated heterocycles. The molecule has 0 atom stereocenters. The minimum absolute atomic E-state index is 0. The maximum atomic E-state index is 11.6. The molecule has 12 nitrogen and oxygen atoms in total. The zero-order valence-electron chi connectivity index (χ0n) is 27.5. The number of carbonyl (C=O) groups is 4. The van der Waals surface area contributed by atoms with Gasteiger partial charge in [-0.3, -0.25) is 19.2 Å². The molecule has 13 heteroatoms. The second-order valence-corrected chi connectivity index (χ2v) is 12.1. The predicted molar refractivity (Wildman–Crippen MR) is 179 cm³/mol. The van der Waals surface area contributed by atoms with E-state index >= 15 is 0 Å². The molecule has 256 valence electrons. The molecule has 5 heterocycles. The molecule has 8 bridgehead atoms. The average Bonchev–Trinajstić information content (AvgIpc) is 3.66. The van der Waals surface area contributed by atoms with Gasteiger partial charge in [0.15, 0.2) is 0 Å². The molecule has 0 radical (unpaired) electrons. The summed E-state index contributed by atoms with van der Waals surface area (Å²) in [6.07, 6.45) is 0.401. The fraction of sp³-hybridized carbons (Fsp3) is 0.333. The summed E-state index contributed by atoms with van der Waals surface area (Å²) >= 11 is 0. The Hall–Kier alpha value is -5.00. The Morgan fingerprint density at radius 2 is 0.857 bits per heavy atom. The van der Waals surface area contributed by atoms with E-state index in [0.717, 1.165) is 44.5 Å². The zero-order chi connectivity index (χ0) is 34.9. The number of allylic oxidation sites excluding steroid dienone is 4. The molecule has 0 aromatic carbocycles. The Balaban J connectivity index is 0.00000541. The van der Waals surface area contributed by atoms with Gasteiger partial charge >= 0.3 is 40.9 Å². The molecule has 3 aromatic heterocycles. The number of carboxylic acid groups (broad SMARTS) is 4. The summed E-state index contributed by atoms with van der Waals surface area (Å²) in [6, 6.07) is 7.14. The first-order valence-electron chi connectivity index (χ1n) is 15.6. The number of rotatable bonds is 12. The smallest absolute Gasteiger partial charge is 0.657 e. The maximum absolute atomic E-state index is 11.6. The Morgan fingerprint density at radius 3 is 1.31 bits per heavy atom. The Morgan fingerprint density at radius 1 is 0.510 bits per heavy atom. The molecule has 2 aliphatic heterocycles. The monoisotopic (exact) mass is 708 g/mol. The molecule has 0 amide bonds. The number of fused-ring (bicyclic) bond motifs is 8. The summed E-state index contributed by atoms with van der Waals surface area (Å²) in [7, 11) is 0. The van der Waals surface area contributed by atoms with Crippen molar-refractivity contribution in [2.24, 2.45) is 0 Å². The molecular weight excluding hydrogens is 672 g/mol. The second-order valence-electron chi connectivity index (χ2n) is 12.1. The van der Waals surface area contributed by atoms with Crippen molar-refractivity contribution in [1.82, 2.24) is 19.9 Å². The van der Waals surface area contributed by atoms with Crippen LogP contribution in [0.4, 0.5) is 0 Å². The van der Waals surface area contributed by atoms with Crippen molar-refractivity contribution < 1.29 is 56.7 Å². The van der Waals surface area contributed by atoms with Crippen LogP contribution in [0.2, 0.25) is 0 Å². The number of aromatic nitrogens is 4. The summed E-state index contributed by atoms with van der Waals surface area (Å²) in [4.78, 5) is 65.9. The molecule has 2 aliphatic rings. The molecular formula is C36H36FeN4O8. The number of nitrogens with zero attached hydrogens (tertiary/aromatic N) is 4. The number of hydrogen-bond donors (Lipinski definition) is 4. The zero-order valence-corrected chi connectivity index (χ0v) is 28.6. The summed E-state index contributed by atoms with van der Waals surface area (Å²) < 4.78 is 0. The van der Waals surface area contributed by atoms with Gasteiger partial charge in [-0.05, 0) is 81.7 Å². The van der Waals surface area contributed by atoms with Crippen molar-refractivity contribution in [1.29, 1.82) is 0 Å². The largest absolute Gasteiger partial charge is 2.00 e. The fourth-order valence-corrected chi connectivity index (χ4v) is 6.26. The molecule has 3 aromatic rings. The minimum atomic E-state index is -0.954. The summed E-state index contributed by atoms with van der Waals surface area (Å²) in [6.45, 7) is 7.43. The van der Waals surface area contributed by atoms with Gasteiger partial charge in [-0.25, -0.2) is 9.97 Å². The van der Waals surface area contributed by atoms with Gasteiger partial charge in [-0.2, -0.15) is 0 Å². The van der Waals surface area contributed by atoms with E-state index in [2.05, 4.69) is 0 Å². The van der Waals surface area contributed by atoms with Crippen LogP contribution >= 0.6 is 0 Å².